The van der Waals surface area contributed by atoms with Crippen LogP contribution in [0.15, 0.2) is 18.2 Å². The first kappa shape index (κ1) is 13.3. The molecule has 0 aliphatic carbocycles. The van der Waals surface area contributed by atoms with Crippen LogP contribution >= 0.6 is 12.4 Å². The van der Waals surface area contributed by atoms with Gasteiger partial charge in [0.15, 0.2) is 0 Å². The van der Waals surface area contributed by atoms with Gasteiger partial charge in [0.1, 0.15) is 5.82 Å². The van der Waals surface area contributed by atoms with Crippen LogP contribution in [-0.4, -0.2) is 25.7 Å². The highest BCUT2D eigenvalue weighted by Gasteiger charge is 2.20. The maximum atomic E-state index is 13.7. The SMILES string of the molecule is Cc1ccc(N2CCNC[C@H]2C)c(F)c1.Cl. The molecule has 1 aromatic carbocycles. The molecule has 0 bridgehead atoms. The molecule has 90 valence electrons. The number of hydrogen-bond acceptors (Lipinski definition) is 2. The van der Waals surface area contributed by atoms with E-state index < -0.39 is 0 Å². The van der Waals surface area contributed by atoms with E-state index in [1.807, 2.05) is 19.1 Å². The Morgan fingerprint density at radius 2 is 2.19 bits per heavy atom. The summed E-state index contributed by atoms with van der Waals surface area (Å²) in [6.07, 6.45) is 0. The molecule has 1 aliphatic heterocycles. The second-order valence-corrected chi connectivity index (χ2v) is 4.20. The van der Waals surface area contributed by atoms with Gasteiger partial charge in [0, 0.05) is 25.7 Å². The van der Waals surface area contributed by atoms with Gasteiger partial charge in [-0.3, -0.25) is 0 Å². The maximum absolute atomic E-state index is 13.7. The van der Waals surface area contributed by atoms with Gasteiger partial charge < -0.3 is 10.2 Å². The number of aryl methyl sites for hydroxylation is 1. The first-order valence-electron chi connectivity index (χ1n) is 5.42. The van der Waals surface area contributed by atoms with Crippen molar-refractivity contribution in [2.75, 3.05) is 24.5 Å². The van der Waals surface area contributed by atoms with Crippen molar-refractivity contribution in [2.24, 2.45) is 0 Å². The van der Waals surface area contributed by atoms with E-state index in [1.54, 1.807) is 6.07 Å². The van der Waals surface area contributed by atoms with Gasteiger partial charge in [0.2, 0.25) is 0 Å². The van der Waals surface area contributed by atoms with E-state index in [0.29, 0.717) is 6.04 Å². The van der Waals surface area contributed by atoms with E-state index in [1.165, 1.54) is 0 Å². The Morgan fingerprint density at radius 1 is 1.44 bits per heavy atom. The summed E-state index contributed by atoms with van der Waals surface area (Å²) < 4.78 is 13.7. The van der Waals surface area contributed by atoms with Gasteiger partial charge in [-0.15, -0.1) is 12.4 Å². The molecule has 2 rings (SSSR count). The first-order chi connectivity index (χ1) is 7.18. The Labute approximate surface area is 102 Å². The summed E-state index contributed by atoms with van der Waals surface area (Å²) >= 11 is 0. The average Bonchev–Trinajstić information content (AvgIpc) is 2.20. The van der Waals surface area contributed by atoms with Gasteiger partial charge in [-0.2, -0.15) is 0 Å². The van der Waals surface area contributed by atoms with Crippen LogP contribution in [0.3, 0.4) is 0 Å². The smallest absolute Gasteiger partial charge is 0.146 e. The summed E-state index contributed by atoms with van der Waals surface area (Å²) in [7, 11) is 0. The lowest BCUT2D eigenvalue weighted by molar-refractivity contribution is 0.491. The monoisotopic (exact) mass is 244 g/mol. The van der Waals surface area contributed by atoms with Crippen LogP contribution in [0, 0.1) is 12.7 Å². The normalized spacial score (nSPS) is 20.4. The number of benzene rings is 1. The van der Waals surface area contributed by atoms with Crippen molar-refractivity contribution in [3.05, 3.63) is 29.6 Å². The molecule has 2 nitrogen and oxygen atoms in total. The Bertz CT molecular complexity index is 357. The zero-order chi connectivity index (χ0) is 10.8. The fourth-order valence-corrected chi connectivity index (χ4v) is 2.04. The minimum absolute atomic E-state index is 0. The summed E-state index contributed by atoms with van der Waals surface area (Å²) in [5.41, 5.74) is 1.70. The van der Waals surface area contributed by atoms with E-state index in [-0.39, 0.29) is 18.2 Å². The summed E-state index contributed by atoms with van der Waals surface area (Å²) in [6.45, 7) is 6.76. The van der Waals surface area contributed by atoms with Gasteiger partial charge in [-0.25, -0.2) is 4.39 Å². The molecule has 4 heteroatoms. The lowest BCUT2D eigenvalue weighted by Gasteiger charge is -2.36. The number of hydrogen-bond donors (Lipinski definition) is 1. The molecule has 1 aliphatic rings. The molecule has 1 heterocycles. The molecule has 1 N–H and O–H groups in total. The Hall–Kier alpha value is -0.800. The molecule has 1 fully saturated rings. The van der Waals surface area contributed by atoms with Gasteiger partial charge in [-0.05, 0) is 31.5 Å². The van der Waals surface area contributed by atoms with Crippen LogP contribution in [0.25, 0.3) is 0 Å². The van der Waals surface area contributed by atoms with Crippen molar-refractivity contribution in [3.8, 4) is 0 Å². The third-order valence-electron chi connectivity index (χ3n) is 2.91. The molecular formula is C12H18ClFN2. The second kappa shape index (κ2) is 5.51. The highest BCUT2D eigenvalue weighted by Crippen LogP contribution is 2.22. The largest absolute Gasteiger partial charge is 0.364 e. The van der Waals surface area contributed by atoms with E-state index in [0.717, 1.165) is 30.9 Å². The van der Waals surface area contributed by atoms with E-state index in [2.05, 4.69) is 17.1 Å². The van der Waals surface area contributed by atoms with Crippen molar-refractivity contribution in [2.45, 2.75) is 19.9 Å². The molecule has 0 aromatic heterocycles. The van der Waals surface area contributed by atoms with Crippen molar-refractivity contribution < 1.29 is 4.39 Å². The molecule has 16 heavy (non-hydrogen) atoms. The van der Waals surface area contributed by atoms with Crippen molar-refractivity contribution >= 4 is 18.1 Å². The molecule has 0 amide bonds. The highest BCUT2D eigenvalue weighted by molar-refractivity contribution is 5.85. The lowest BCUT2D eigenvalue weighted by atomic mass is 10.1. The van der Waals surface area contributed by atoms with Crippen molar-refractivity contribution in [1.82, 2.24) is 5.32 Å². The number of rotatable bonds is 1. The number of anilines is 1. The van der Waals surface area contributed by atoms with Gasteiger partial charge in [-0.1, -0.05) is 6.07 Å². The van der Waals surface area contributed by atoms with E-state index >= 15 is 0 Å². The number of nitrogens with zero attached hydrogens (tertiary/aromatic N) is 1. The Balaban J connectivity index is 0.00000128. The van der Waals surface area contributed by atoms with Crippen LogP contribution in [0.5, 0.6) is 0 Å². The van der Waals surface area contributed by atoms with Crippen molar-refractivity contribution in [3.63, 3.8) is 0 Å². The number of halogens is 2. The quantitative estimate of drug-likeness (QED) is 0.816. The van der Waals surface area contributed by atoms with Crippen LogP contribution in [0.4, 0.5) is 10.1 Å². The molecular weight excluding hydrogens is 227 g/mol. The first-order valence-corrected chi connectivity index (χ1v) is 5.42. The van der Waals surface area contributed by atoms with Gasteiger partial charge in [0.05, 0.1) is 5.69 Å². The molecule has 1 aromatic rings. The van der Waals surface area contributed by atoms with Crippen LogP contribution in [0.1, 0.15) is 12.5 Å². The summed E-state index contributed by atoms with van der Waals surface area (Å²) in [5, 5.41) is 3.30. The predicted octanol–water partition coefficient (Wildman–Crippen LogP) is 2.35. The van der Waals surface area contributed by atoms with Crippen LogP contribution in [-0.2, 0) is 0 Å². The van der Waals surface area contributed by atoms with E-state index in [9.17, 15) is 4.39 Å². The maximum Gasteiger partial charge on any atom is 0.146 e. The fourth-order valence-electron chi connectivity index (χ4n) is 2.04. The summed E-state index contributed by atoms with van der Waals surface area (Å²) in [6, 6.07) is 5.81. The summed E-state index contributed by atoms with van der Waals surface area (Å²) in [4.78, 5) is 2.13. The zero-order valence-corrected chi connectivity index (χ0v) is 10.5. The topological polar surface area (TPSA) is 15.3 Å². The molecule has 0 spiro atoms. The number of piperazine rings is 1. The average molecular weight is 245 g/mol. The fraction of sp³-hybridized carbons (Fsp3) is 0.500. The zero-order valence-electron chi connectivity index (χ0n) is 9.66. The van der Waals surface area contributed by atoms with Gasteiger partial charge in [0.25, 0.3) is 0 Å². The molecule has 0 unspecified atom stereocenters. The second-order valence-electron chi connectivity index (χ2n) is 4.20. The molecule has 0 radical (unpaired) electrons. The predicted molar refractivity (Wildman–Crippen MR) is 68.1 cm³/mol. The Kier molecular flexibility index (Phi) is 4.56. The minimum atomic E-state index is -0.108. The lowest BCUT2D eigenvalue weighted by Crippen LogP contribution is -2.50. The molecule has 1 saturated heterocycles. The minimum Gasteiger partial charge on any atom is -0.364 e. The van der Waals surface area contributed by atoms with Crippen LogP contribution < -0.4 is 10.2 Å². The number of nitrogens with one attached hydrogen (secondary N) is 1. The standard InChI is InChI=1S/C12H17FN2.ClH/c1-9-3-4-12(11(13)7-9)15-6-5-14-8-10(15)2;/h3-4,7,10,14H,5-6,8H2,1-2H3;1H/t10-;/m1./s1. The van der Waals surface area contributed by atoms with Gasteiger partial charge >= 0.3 is 0 Å². The summed E-state index contributed by atoms with van der Waals surface area (Å²) in [5.74, 6) is -0.108. The van der Waals surface area contributed by atoms with E-state index in [4.69, 9.17) is 0 Å². The third-order valence-corrected chi connectivity index (χ3v) is 2.91. The van der Waals surface area contributed by atoms with Crippen LogP contribution in [0.2, 0.25) is 0 Å². The Morgan fingerprint density at radius 3 is 2.81 bits per heavy atom. The molecule has 1 atom stereocenters. The molecule has 0 saturated carbocycles. The highest BCUT2D eigenvalue weighted by atomic mass is 35.5. The third kappa shape index (κ3) is 2.66. The van der Waals surface area contributed by atoms with Crippen molar-refractivity contribution in [1.29, 1.82) is 0 Å².